The van der Waals surface area contributed by atoms with Crippen LogP contribution in [-0.4, -0.2) is 41.6 Å². The summed E-state index contributed by atoms with van der Waals surface area (Å²) in [5.74, 6) is -0.380. The van der Waals surface area contributed by atoms with Gasteiger partial charge in [-0.3, -0.25) is 9.59 Å². The van der Waals surface area contributed by atoms with Gasteiger partial charge < -0.3 is 13.9 Å². The zero-order valence-corrected chi connectivity index (χ0v) is 21.4. The average Bonchev–Trinajstić information content (AvgIpc) is 3.66. The van der Waals surface area contributed by atoms with Crippen LogP contribution in [0.2, 0.25) is 5.02 Å². The highest BCUT2D eigenvalue weighted by atomic mass is 35.5. The third-order valence-corrected chi connectivity index (χ3v) is 6.33. The van der Waals surface area contributed by atoms with E-state index in [0.29, 0.717) is 39.8 Å². The van der Waals surface area contributed by atoms with Crippen molar-refractivity contribution in [3.8, 4) is 5.75 Å². The predicted octanol–water partition coefficient (Wildman–Crippen LogP) is 5.46. The monoisotopic (exact) mass is 542 g/mol. The van der Waals surface area contributed by atoms with E-state index >= 15 is 0 Å². The van der Waals surface area contributed by atoms with E-state index in [1.807, 2.05) is 18.2 Å². The molecule has 1 aromatic heterocycles. The van der Waals surface area contributed by atoms with Crippen LogP contribution in [0.1, 0.15) is 39.7 Å². The number of carbonyl (C=O) groups is 3. The summed E-state index contributed by atoms with van der Waals surface area (Å²) in [6, 6.07) is 25.6. The molecular weight excluding hydrogens is 520 g/mol. The van der Waals surface area contributed by atoms with Crippen LogP contribution < -0.4 is 4.74 Å². The fourth-order valence-corrected chi connectivity index (χ4v) is 4.24. The first-order valence-corrected chi connectivity index (χ1v) is 12.5. The van der Waals surface area contributed by atoms with Gasteiger partial charge in [0.15, 0.2) is 19.0 Å². The number of furan rings is 1. The van der Waals surface area contributed by atoms with Gasteiger partial charge in [0, 0.05) is 22.6 Å². The van der Waals surface area contributed by atoms with E-state index in [9.17, 15) is 14.4 Å². The number of hydrogen-bond donors (Lipinski definition) is 0. The standard InChI is InChI=1S/C30H23ClN2O6/c31-23-12-8-20(9-13-23)25-17-26(27-7-4-16-37-27)33(32-25)28(34)18-39-29(35)19-38-24-14-10-22(11-15-24)30(36)21-5-2-1-3-6-21/h1-16,26H,17-19H2. The van der Waals surface area contributed by atoms with Crippen molar-refractivity contribution in [2.24, 2.45) is 5.10 Å². The molecule has 1 aliphatic rings. The minimum absolute atomic E-state index is 0.114. The summed E-state index contributed by atoms with van der Waals surface area (Å²) in [5.41, 5.74) is 2.59. The Hall–Kier alpha value is -4.69. The van der Waals surface area contributed by atoms with Gasteiger partial charge in [-0.15, -0.1) is 0 Å². The molecule has 5 rings (SSSR count). The molecule has 0 N–H and O–H groups in total. The van der Waals surface area contributed by atoms with Crippen molar-refractivity contribution in [2.45, 2.75) is 12.5 Å². The first-order valence-electron chi connectivity index (χ1n) is 12.1. The van der Waals surface area contributed by atoms with Crippen LogP contribution in [0, 0.1) is 0 Å². The third-order valence-electron chi connectivity index (χ3n) is 6.08. The molecule has 0 bridgehead atoms. The van der Waals surface area contributed by atoms with Crippen LogP contribution in [0.5, 0.6) is 5.75 Å². The molecule has 1 aliphatic heterocycles. The van der Waals surface area contributed by atoms with Gasteiger partial charge in [-0.05, 0) is 54.1 Å². The van der Waals surface area contributed by atoms with Crippen molar-refractivity contribution in [1.29, 1.82) is 0 Å². The van der Waals surface area contributed by atoms with Gasteiger partial charge >= 0.3 is 5.97 Å². The van der Waals surface area contributed by atoms with Gasteiger partial charge in [-0.2, -0.15) is 5.10 Å². The zero-order valence-electron chi connectivity index (χ0n) is 20.7. The summed E-state index contributed by atoms with van der Waals surface area (Å²) >= 11 is 5.99. The van der Waals surface area contributed by atoms with E-state index in [4.69, 9.17) is 25.5 Å². The molecule has 9 heteroatoms. The number of benzene rings is 3. The number of ketones is 1. The van der Waals surface area contributed by atoms with E-state index in [0.717, 1.165) is 5.56 Å². The second kappa shape index (κ2) is 11.8. The van der Waals surface area contributed by atoms with Gasteiger partial charge in [0.1, 0.15) is 17.6 Å². The predicted molar refractivity (Wildman–Crippen MR) is 144 cm³/mol. The Morgan fingerprint density at radius 2 is 1.59 bits per heavy atom. The Bertz CT molecular complexity index is 1480. The Kier molecular flexibility index (Phi) is 7.84. The molecule has 1 unspecified atom stereocenters. The van der Waals surface area contributed by atoms with Crippen LogP contribution in [0.3, 0.4) is 0 Å². The molecular formula is C30H23ClN2O6. The Labute approximate surface area is 229 Å². The molecule has 1 atom stereocenters. The minimum atomic E-state index is -0.719. The molecule has 0 saturated heterocycles. The average molecular weight is 543 g/mol. The smallest absolute Gasteiger partial charge is 0.344 e. The normalized spacial score (nSPS) is 14.5. The van der Waals surface area contributed by atoms with Crippen LogP contribution in [-0.2, 0) is 14.3 Å². The lowest BCUT2D eigenvalue weighted by atomic mass is 10.0. The molecule has 0 aliphatic carbocycles. The van der Waals surface area contributed by atoms with E-state index in [1.54, 1.807) is 72.8 Å². The summed E-state index contributed by atoms with van der Waals surface area (Å²) in [4.78, 5) is 37.8. The molecule has 0 saturated carbocycles. The number of ether oxygens (including phenoxy) is 2. The fourth-order valence-electron chi connectivity index (χ4n) is 4.11. The molecule has 8 nitrogen and oxygen atoms in total. The van der Waals surface area contributed by atoms with E-state index < -0.39 is 31.1 Å². The number of nitrogens with zero attached hydrogens (tertiary/aromatic N) is 2. The van der Waals surface area contributed by atoms with Crippen LogP contribution in [0.25, 0.3) is 0 Å². The summed E-state index contributed by atoms with van der Waals surface area (Å²) in [6.45, 7) is -0.915. The summed E-state index contributed by atoms with van der Waals surface area (Å²) < 4.78 is 16.1. The van der Waals surface area contributed by atoms with E-state index in [2.05, 4.69) is 5.10 Å². The lowest BCUT2D eigenvalue weighted by Crippen LogP contribution is -2.32. The van der Waals surface area contributed by atoms with Crippen molar-refractivity contribution >= 4 is 35.0 Å². The Morgan fingerprint density at radius 1 is 0.872 bits per heavy atom. The molecule has 3 aromatic carbocycles. The van der Waals surface area contributed by atoms with Crippen LogP contribution >= 0.6 is 11.6 Å². The van der Waals surface area contributed by atoms with Crippen molar-refractivity contribution in [2.75, 3.05) is 13.2 Å². The number of rotatable bonds is 9. The maximum Gasteiger partial charge on any atom is 0.344 e. The lowest BCUT2D eigenvalue weighted by Gasteiger charge is -2.19. The summed E-state index contributed by atoms with van der Waals surface area (Å²) in [7, 11) is 0. The molecule has 0 radical (unpaired) electrons. The lowest BCUT2D eigenvalue weighted by molar-refractivity contribution is -0.154. The third kappa shape index (κ3) is 6.25. The van der Waals surface area contributed by atoms with Gasteiger partial charge in [-0.1, -0.05) is 54.1 Å². The Morgan fingerprint density at radius 3 is 2.28 bits per heavy atom. The first kappa shape index (κ1) is 25.9. The molecule has 2 heterocycles. The fraction of sp³-hybridized carbons (Fsp3) is 0.133. The number of amides is 1. The summed E-state index contributed by atoms with van der Waals surface area (Å²) in [6.07, 6.45) is 1.96. The first-order chi connectivity index (χ1) is 19.0. The zero-order chi connectivity index (χ0) is 27.2. The second-order valence-electron chi connectivity index (χ2n) is 8.70. The van der Waals surface area contributed by atoms with Crippen molar-refractivity contribution in [1.82, 2.24) is 5.01 Å². The number of carbonyl (C=O) groups excluding carboxylic acids is 3. The molecule has 196 valence electrons. The maximum absolute atomic E-state index is 13.0. The van der Waals surface area contributed by atoms with Gasteiger partial charge in [0.05, 0.1) is 12.0 Å². The molecule has 4 aromatic rings. The number of hydrazone groups is 1. The van der Waals surface area contributed by atoms with E-state index in [-0.39, 0.29) is 5.78 Å². The largest absolute Gasteiger partial charge is 0.482 e. The maximum atomic E-state index is 13.0. The van der Waals surface area contributed by atoms with Gasteiger partial charge in [0.25, 0.3) is 5.91 Å². The quantitative estimate of drug-likeness (QED) is 0.206. The number of hydrogen-bond acceptors (Lipinski definition) is 7. The van der Waals surface area contributed by atoms with Crippen molar-refractivity contribution in [3.05, 3.63) is 125 Å². The van der Waals surface area contributed by atoms with Crippen molar-refractivity contribution in [3.63, 3.8) is 0 Å². The topological polar surface area (TPSA) is 98.4 Å². The number of esters is 1. The number of halogens is 1. The molecule has 0 spiro atoms. The van der Waals surface area contributed by atoms with Crippen LogP contribution in [0.4, 0.5) is 0 Å². The SMILES string of the molecule is O=C(COc1ccc(C(=O)c2ccccc2)cc1)OCC(=O)N1N=C(c2ccc(Cl)cc2)CC1c1ccco1. The molecule has 1 amide bonds. The van der Waals surface area contributed by atoms with E-state index in [1.165, 1.54) is 11.3 Å². The van der Waals surface area contributed by atoms with Crippen molar-refractivity contribution < 1.29 is 28.3 Å². The molecule has 0 fully saturated rings. The molecule has 39 heavy (non-hydrogen) atoms. The highest BCUT2D eigenvalue weighted by molar-refractivity contribution is 6.30. The highest BCUT2D eigenvalue weighted by Gasteiger charge is 2.35. The van der Waals surface area contributed by atoms with Gasteiger partial charge in [-0.25, -0.2) is 9.80 Å². The highest BCUT2D eigenvalue weighted by Crippen LogP contribution is 2.33. The van der Waals surface area contributed by atoms with Gasteiger partial charge in [0.2, 0.25) is 0 Å². The minimum Gasteiger partial charge on any atom is -0.482 e. The van der Waals surface area contributed by atoms with Crippen LogP contribution in [0.15, 0.2) is 107 Å². The Balaban J connectivity index is 1.16. The second-order valence-corrected chi connectivity index (χ2v) is 9.13. The summed E-state index contributed by atoms with van der Waals surface area (Å²) in [5, 5.41) is 6.36.